The summed E-state index contributed by atoms with van der Waals surface area (Å²) in [5.74, 6) is 0.143. The van der Waals surface area contributed by atoms with Crippen molar-refractivity contribution >= 4 is 33.2 Å². The zero-order valence-corrected chi connectivity index (χ0v) is 19.1. The van der Waals surface area contributed by atoms with Crippen molar-refractivity contribution in [3.8, 4) is 11.5 Å². The van der Waals surface area contributed by atoms with Crippen LogP contribution >= 0.6 is 11.6 Å². The fourth-order valence-electron chi connectivity index (χ4n) is 3.07. The number of carbonyl (C=O) groups excluding carboxylic acids is 1. The molecule has 0 saturated heterocycles. The van der Waals surface area contributed by atoms with E-state index in [2.05, 4.69) is 10.0 Å². The van der Waals surface area contributed by atoms with E-state index in [4.69, 9.17) is 21.1 Å². The summed E-state index contributed by atoms with van der Waals surface area (Å²) < 4.78 is 39.1. The van der Waals surface area contributed by atoms with Gasteiger partial charge in [0.05, 0.1) is 19.1 Å². The molecule has 0 heterocycles. The number of halogens is 1. The van der Waals surface area contributed by atoms with Gasteiger partial charge < -0.3 is 14.8 Å². The summed E-state index contributed by atoms with van der Waals surface area (Å²) in [6, 6.07) is 18.9. The molecule has 0 aliphatic carbocycles. The van der Waals surface area contributed by atoms with Crippen LogP contribution in [-0.2, 0) is 21.2 Å². The molecule has 0 saturated carbocycles. The van der Waals surface area contributed by atoms with Crippen molar-refractivity contribution in [1.29, 1.82) is 0 Å². The van der Waals surface area contributed by atoms with Crippen molar-refractivity contribution in [3.05, 3.63) is 83.4 Å². The number of amides is 1. The Balaban J connectivity index is 1.89. The Kier molecular flexibility index (Phi) is 7.74. The summed E-state index contributed by atoms with van der Waals surface area (Å²) in [7, 11) is -1.18. The largest absolute Gasteiger partial charge is 0.493 e. The van der Waals surface area contributed by atoms with E-state index in [1.54, 1.807) is 24.3 Å². The van der Waals surface area contributed by atoms with E-state index in [1.807, 2.05) is 30.3 Å². The van der Waals surface area contributed by atoms with Crippen LogP contribution in [0.15, 0.2) is 77.7 Å². The van der Waals surface area contributed by atoms with Gasteiger partial charge in [-0.25, -0.2) is 8.42 Å². The highest BCUT2D eigenvalue weighted by atomic mass is 35.5. The lowest BCUT2D eigenvalue weighted by molar-refractivity contribution is -0.117. The quantitative estimate of drug-likeness (QED) is 0.490. The third kappa shape index (κ3) is 6.00. The molecule has 0 unspecified atom stereocenters. The molecule has 0 radical (unpaired) electrons. The van der Waals surface area contributed by atoms with Crippen molar-refractivity contribution in [1.82, 2.24) is 4.72 Å². The molecule has 0 aromatic heterocycles. The molecule has 32 heavy (non-hydrogen) atoms. The second-order valence-corrected chi connectivity index (χ2v) is 9.03. The van der Waals surface area contributed by atoms with Crippen molar-refractivity contribution in [2.45, 2.75) is 17.4 Å². The fraction of sp³-hybridized carbons (Fsp3) is 0.174. The van der Waals surface area contributed by atoms with Crippen LogP contribution in [0, 0.1) is 0 Å². The molecule has 168 valence electrons. The van der Waals surface area contributed by atoms with Crippen LogP contribution in [0.5, 0.6) is 11.5 Å². The summed E-state index contributed by atoms with van der Waals surface area (Å²) in [5.41, 5.74) is 1.26. The molecule has 3 rings (SSSR count). The summed E-state index contributed by atoms with van der Waals surface area (Å²) in [4.78, 5) is 13.0. The number of methoxy groups -OCH3 is 2. The van der Waals surface area contributed by atoms with E-state index in [9.17, 15) is 13.2 Å². The maximum Gasteiger partial charge on any atom is 0.242 e. The third-order valence-corrected chi connectivity index (χ3v) is 6.36. The van der Waals surface area contributed by atoms with Crippen molar-refractivity contribution in [2.75, 3.05) is 19.5 Å². The number of nitrogens with one attached hydrogen (secondary N) is 2. The van der Waals surface area contributed by atoms with Gasteiger partial charge in [0, 0.05) is 16.8 Å². The molecule has 0 bridgehead atoms. The van der Waals surface area contributed by atoms with Crippen molar-refractivity contribution in [3.63, 3.8) is 0 Å². The van der Waals surface area contributed by atoms with E-state index in [0.29, 0.717) is 16.5 Å². The topological polar surface area (TPSA) is 93.7 Å². The Bertz CT molecular complexity index is 1190. The molecule has 9 heteroatoms. The Morgan fingerprint density at radius 2 is 1.66 bits per heavy atom. The number of rotatable bonds is 9. The summed E-state index contributed by atoms with van der Waals surface area (Å²) in [5, 5.41) is 3.18. The number of carbonyl (C=O) groups is 1. The Labute approximate surface area is 192 Å². The average Bonchev–Trinajstić information content (AvgIpc) is 2.78. The fourth-order valence-corrected chi connectivity index (χ4v) is 4.47. The summed E-state index contributed by atoms with van der Waals surface area (Å²) >= 11 is 5.99. The van der Waals surface area contributed by atoms with Crippen molar-refractivity contribution in [2.24, 2.45) is 0 Å². The molecule has 7 nitrogen and oxygen atoms in total. The van der Waals surface area contributed by atoms with Gasteiger partial charge in [-0.3, -0.25) is 4.79 Å². The monoisotopic (exact) mass is 474 g/mol. The SMILES string of the molecule is COc1ccc(S(=O)(=O)N[C@@H](Cc2ccccc2)C(=O)Nc2cccc(Cl)c2)cc1OC. The van der Waals surface area contributed by atoms with Crippen molar-refractivity contribution < 1.29 is 22.7 Å². The predicted octanol–water partition coefficient (Wildman–Crippen LogP) is 3.89. The van der Waals surface area contributed by atoms with Crippen LogP contribution in [0.25, 0.3) is 0 Å². The number of benzene rings is 3. The standard InChI is InChI=1S/C23H23ClN2O5S/c1-30-21-12-11-19(15-22(21)31-2)32(28,29)26-20(13-16-7-4-3-5-8-16)23(27)25-18-10-6-9-17(24)14-18/h3-12,14-15,20,26H,13H2,1-2H3,(H,25,27)/t20-/m0/s1. The molecule has 3 aromatic rings. The first-order valence-corrected chi connectivity index (χ1v) is 11.5. The molecule has 1 atom stereocenters. The second kappa shape index (κ2) is 10.5. The molecular formula is C23H23ClN2O5S. The van der Waals surface area contributed by atoms with Gasteiger partial charge in [-0.05, 0) is 42.3 Å². The van der Waals surface area contributed by atoms with Crippen LogP contribution in [0.1, 0.15) is 5.56 Å². The van der Waals surface area contributed by atoms with Gasteiger partial charge in [0.25, 0.3) is 0 Å². The second-order valence-electron chi connectivity index (χ2n) is 6.88. The molecule has 0 aliphatic heterocycles. The highest BCUT2D eigenvalue weighted by Gasteiger charge is 2.27. The van der Waals surface area contributed by atoms with E-state index >= 15 is 0 Å². The van der Waals surface area contributed by atoms with Crippen LogP contribution in [0.3, 0.4) is 0 Å². The average molecular weight is 475 g/mol. The molecule has 0 fully saturated rings. The molecule has 1 amide bonds. The minimum Gasteiger partial charge on any atom is -0.493 e. The highest BCUT2D eigenvalue weighted by Crippen LogP contribution is 2.29. The van der Waals surface area contributed by atoms with Crippen LogP contribution in [0.4, 0.5) is 5.69 Å². The van der Waals surface area contributed by atoms with Gasteiger partial charge >= 0.3 is 0 Å². The van der Waals surface area contributed by atoms with Crippen LogP contribution in [-0.4, -0.2) is 34.6 Å². The maximum absolute atomic E-state index is 13.1. The first-order valence-electron chi connectivity index (χ1n) is 9.67. The van der Waals surface area contributed by atoms with Gasteiger partial charge in [0.1, 0.15) is 6.04 Å². The normalized spacial score (nSPS) is 12.1. The minimum atomic E-state index is -4.06. The lowest BCUT2D eigenvalue weighted by Gasteiger charge is -2.19. The first kappa shape index (κ1) is 23.6. The number of hydrogen-bond acceptors (Lipinski definition) is 5. The first-order chi connectivity index (χ1) is 15.3. The van der Waals surface area contributed by atoms with Gasteiger partial charge in [-0.2, -0.15) is 4.72 Å². The highest BCUT2D eigenvalue weighted by molar-refractivity contribution is 7.89. The van der Waals surface area contributed by atoms with Crippen LogP contribution < -0.4 is 19.5 Å². The lowest BCUT2D eigenvalue weighted by atomic mass is 10.1. The zero-order chi connectivity index (χ0) is 23.1. The van der Waals surface area contributed by atoms with Crippen LogP contribution in [0.2, 0.25) is 5.02 Å². The molecular weight excluding hydrogens is 452 g/mol. The Morgan fingerprint density at radius 1 is 0.938 bits per heavy atom. The lowest BCUT2D eigenvalue weighted by Crippen LogP contribution is -2.45. The number of sulfonamides is 1. The van der Waals surface area contributed by atoms with Gasteiger partial charge in [-0.15, -0.1) is 0 Å². The molecule has 0 spiro atoms. The number of hydrogen-bond donors (Lipinski definition) is 2. The van der Waals surface area contributed by atoms with E-state index in [-0.39, 0.29) is 17.1 Å². The minimum absolute atomic E-state index is 0.0521. The van der Waals surface area contributed by atoms with Gasteiger partial charge in [0.15, 0.2) is 11.5 Å². The summed E-state index contributed by atoms with van der Waals surface area (Å²) in [6.45, 7) is 0. The maximum atomic E-state index is 13.1. The Morgan fingerprint density at radius 3 is 2.31 bits per heavy atom. The van der Waals surface area contributed by atoms with E-state index in [1.165, 1.54) is 32.4 Å². The van der Waals surface area contributed by atoms with Gasteiger partial charge in [0.2, 0.25) is 15.9 Å². The third-order valence-electron chi connectivity index (χ3n) is 4.65. The smallest absolute Gasteiger partial charge is 0.242 e. The molecule has 2 N–H and O–H groups in total. The number of anilines is 1. The summed E-state index contributed by atoms with van der Waals surface area (Å²) in [6.07, 6.45) is 0.153. The van der Waals surface area contributed by atoms with E-state index < -0.39 is 22.0 Å². The van der Waals surface area contributed by atoms with E-state index in [0.717, 1.165) is 5.56 Å². The Hall–Kier alpha value is -3.07. The van der Waals surface area contributed by atoms with Gasteiger partial charge in [-0.1, -0.05) is 48.0 Å². The zero-order valence-electron chi connectivity index (χ0n) is 17.5. The number of ether oxygens (including phenoxy) is 2. The predicted molar refractivity (Wildman–Crippen MR) is 124 cm³/mol. The molecule has 3 aromatic carbocycles. The molecule has 0 aliphatic rings.